The summed E-state index contributed by atoms with van der Waals surface area (Å²) in [5.74, 6) is 0. The molecule has 6 nitrogen and oxygen atoms in total. The molecule has 1 aromatic rings. The molecule has 0 unspecified atom stereocenters. The Morgan fingerprint density at radius 1 is 1.69 bits per heavy atom. The molecule has 88 valence electrons. The third kappa shape index (κ3) is 2.10. The highest BCUT2D eigenvalue weighted by Gasteiger charge is 2.34. The highest BCUT2D eigenvalue weighted by atomic mass is 35.5. The Labute approximate surface area is 96.1 Å². The van der Waals surface area contributed by atoms with E-state index >= 15 is 0 Å². The van der Waals surface area contributed by atoms with Crippen molar-refractivity contribution in [2.24, 2.45) is 0 Å². The van der Waals surface area contributed by atoms with Gasteiger partial charge in [-0.15, -0.1) is 0 Å². The lowest BCUT2D eigenvalue weighted by Gasteiger charge is -2.13. The summed E-state index contributed by atoms with van der Waals surface area (Å²) in [4.78, 5) is 15.0. The van der Waals surface area contributed by atoms with Gasteiger partial charge in [0.25, 0.3) is 0 Å². The molecule has 0 bridgehead atoms. The van der Waals surface area contributed by atoms with Crippen LogP contribution in [-0.4, -0.2) is 38.6 Å². The molecular formula is C9H11ClN2O4. The second-order valence-corrected chi connectivity index (χ2v) is 4.01. The number of halogens is 1. The summed E-state index contributed by atoms with van der Waals surface area (Å²) in [6, 6.07) is 0. The van der Waals surface area contributed by atoms with E-state index in [-0.39, 0.29) is 13.0 Å². The van der Waals surface area contributed by atoms with E-state index < -0.39 is 24.1 Å². The Kier molecular flexibility index (Phi) is 3.25. The predicted octanol–water partition coefficient (Wildman–Crippen LogP) is -0.463. The molecule has 0 saturated carbocycles. The summed E-state index contributed by atoms with van der Waals surface area (Å²) < 4.78 is 6.52. The zero-order valence-corrected chi connectivity index (χ0v) is 9.04. The molecule has 1 aliphatic rings. The summed E-state index contributed by atoms with van der Waals surface area (Å²) >= 11 is 5.71. The van der Waals surface area contributed by atoms with E-state index in [2.05, 4.69) is 4.98 Å². The van der Waals surface area contributed by atoms with Crippen molar-refractivity contribution in [3.63, 3.8) is 0 Å². The Hall–Kier alpha value is -0.950. The Balaban J connectivity index is 2.26. The summed E-state index contributed by atoms with van der Waals surface area (Å²) in [7, 11) is 0. The Morgan fingerprint density at radius 2 is 2.44 bits per heavy atom. The van der Waals surface area contributed by atoms with Crippen LogP contribution in [0.2, 0.25) is 5.02 Å². The fourth-order valence-corrected chi connectivity index (χ4v) is 1.82. The van der Waals surface area contributed by atoms with Gasteiger partial charge in [0.1, 0.15) is 12.3 Å². The zero-order valence-electron chi connectivity index (χ0n) is 8.28. The first-order chi connectivity index (χ1) is 7.61. The minimum absolute atomic E-state index is 0.229. The smallest absolute Gasteiger partial charge is 0.349 e. The number of aliphatic hydroxyl groups excluding tert-OH is 2. The maximum atomic E-state index is 11.4. The van der Waals surface area contributed by atoms with Crippen molar-refractivity contribution in [3.05, 3.63) is 27.9 Å². The zero-order chi connectivity index (χ0) is 11.7. The van der Waals surface area contributed by atoms with Crippen molar-refractivity contribution in [2.75, 3.05) is 6.61 Å². The molecule has 1 aromatic heterocycles. The van der Waals surface area contributed by atoms with Crippen LogP contribution in [0.15, 0.2) is 17.2 Å². The topological polar surface area (TPSA) is 84.6 Å². The van der Waals surface area contributed by atoms with Gasteiger partial charge < -0.3 is 14.9 Å². The van der Waals surface area contributed by atoms with Crippen molar-refractivity contribution in [1.82, 2.24) is 9.55 Å². The predicted molar refractivity (Wildman–Crippen MR) is 55.1 cm³/mol. The lowest BCUT2D eigenvalue weighted by atomic mass is 10.2. The van der Waals surface area contributed by atoms with Crippen molar-refractivity contribution in [2.45, 2.75) is 24.9 Å². The molecule has 0 aliphatic carbocycles. The quantitative estimate of drug-likeness (QED) is 0.738. The van der Waals surface area contributed by atoms with Crippen LogP contribution >= 0.6 is 11.6 Å². The van der Waals surface area contributed by atoms with Crippen LogP contribution in [0.4, 0.5) is 0 Å². The lowest BCUT2D eigenvalue weighted by Crippen LogP contribution is -2.27. The molecule has 2 rings (SSSR count). The summed E-state index contributed by atoms with van der Waals surface area (Å²) in [5, 5.41) is 18.7. The van der Waals surface area contributed by atoms with E-state index in [0.29, 0.717) is 5.02 Å². The molecule has 0 spiro atoms. The molecule has 7 heteroatoms. The SMILES string of the molecule is O=c1ncc(Cl)cn1[C@H]1C[C@H](O)[C@@H](CO)O1. The molecule has 2 heterocycles. The van der Waals surface area contributed by atoms with E-state index in [1.54, 1.807) is 0 Å². The summed E-state index contributed by atoms with van der Waals surface area (Å²) in [6.07, 6.45) is 0.777. The lowest BCUT2D eigenvalue weighted by molar-refractivity contribution is -0.0458. The van der Waals surface area contributed by atoms with Gasteiger partial charge in [0.05, 0.1) is 23.9 Å². The molecule has 2 N–H and O–H groups in total. The van der Waals surface area contributed by atoms with Gasteiger partial charge in [-0.3, -0.25) is 4.57 Å². The maximum absolute atomic E-state index is 11.4. The van der Waals surface area contributed by atoms with Gasteiger partial charge in [0.15, 0.2) is 0 Å². The van der Waals surface area contributed by atoms with Crippen LogP contribution in [0.5, 0.6) is 0 Å². The first-order valence-electron chi connectivity index (χ1n) is 4.80. The fourth-order valence-electron chi connectivity index (χ4n) is 1.66. The standard InChI is InChI=1S/C9H11ClN2O4/c10-5-2-11-9(15)12(3-5)8-1-6(14)7(4-13)16-8/h2-3,6-8,13-14H,1,4H2/t6-,7+,8+/m0/s1. The number of aromatic nitrogens is 2. The van der Waals surface area contributed by atoms with Crippen molar-refractivity contribution >= 4 is 11.6 Å². The first kappa shape index (κ1) is 11.5. The summed E-state index contributed by atoms with van der Waals surface area (Å²) in [5.41, 5.74) is -0.500. The number of hydrogen-bond donors (Lipinski definition) is 2. The molecule has 16 heavy (non-hydrogen) atoms. The molecule has 0 radical (unpaired) electrons. The second kappa shape index (κ2) is 4.50. The van der Waals surface area contributed by atoms with Gasteiger partial charge in [-0.05, 0) is 0 Å². The first-order valence-corrected chi connectivity index (χ1v) is 5.17. The largest absolute Gasteiger partial charge is 0.394 e. The van der Waals surface area contributed by atoms with E-state index in [1.807, 2.05) is 0 Å². The Morgan fingerprint density at radius 3 is 3.06 bits per heavy atom. The van der Waals surface area contributed by atoms with E-state index in [4.69, 9.17) is 21.4 Å². The van der Waals surface area contributed by atoms with Crippen molar-refractivity contribution < 1.29 is 14.9 Å². The third-order valence-corrected chi connectivity index (χ3v) is 2.67. The van der Waals surface area contributed by atoms with Crippen molar-refractivity contribution in [1.29, 1.82) is 0 Å². The van der Waals surface area contributed by atoms with Gasteiger partial charge in [0.2, 0.25) is 0 Å². The minimum atomic E-state index is -0.791. The van der Waals surface area contributed by atoms with Crippen LogP contribution in [0.3, 0.4) is 0 Å². The maximum Gasteiger partial charge on any atom is 0.349 e. The van der Waals surface area contributed by atoms with Gasteiger partial charge in [-0.2, -0.15) is 4.98 Å². The van der Waals surface area contributed by atoms with E-state index in [1.165, 1.54) is 17.0 Å². The molecule has 1 fully saturated rings. The van der Waals surface area contributed by atoms with Crippen LogP contribution in [0.25, 0.3) is 0 Å². The van der Waals surface area contributed by atoms with E-state index in [9.17, 15) is 9.90 Å². The highest BCUT2D eigenvalue weighted by Crippen LogP contribution is 2.27. The van der Waals surface area contributed by atoms with Crippen LogP contribution < -0.4 is 5.69 Å². The molecule has 0 amide bonds. The van der Waals surface area contributed by atoms with Crippen LogP contribution in [0.1, 0.15) is 12.6 Å². The fraction of sp³-hybridized carbons (Fsp3) is 0.556. The molecular weight excluding hydrogens is 236 g/mol. The molecule has 1 saturated heterocycles. The highest BCUT2D eigenvalue weighted by molar-refractivity contribution is 6.30. The summed E-state index contributed by atoms with van der Waals surface area (Å²) in [6.45, 7) is -0.291. The van der Waals surface area contributed by atoms with Crippen LogP contribution in [0, 0.1) is 0 Å². The number of ether oxygens (including phenoxy) is 1. The third-order valence-electron chi connectivity index (χ3n) is 2.48. The van der Waals surface area contributed by atoms with Gasteiger partial charge >= 0.3 is 5.69 Å². The monoisotopic (exact) mass is 246 g/mol. The number of aliphatic hydroxyl groups is 2. The number of nitrogens with zero attached hydrogens (tertiary/aromatic N) is 2. The minimum Gasteiger partial charge on any atom is -0.394 e. The second-order valence-electron chi connectivity index (χ2n) is 3.58. The van der Waals surface area contributed by atoms with Gasteiger partial charge in [-0.1, -0.05) is 11.6 Å². The molecule has 0 aromatic carbocycles. The normalized spacial score (nSPS) is 29.6. The van der Waals surface area contributed by atoms with E-state index in [0.717, 1.165) is 0 Å². The van der Waals surface area contributed by atoms with Gasteiger partial charge in [-0.25, -0.2) is 4.79 Å². The Bertz CT molecular complexity index is 436. The molecule has 3 atom stereocenters. The van der Waals surface area contributed by atoms with Gasteiger partial charge in [0, 0.05) is 12.6 Å². The average molecular weight is 247 g/mol. The average Bonchev–Trinajstić information content (AvgIpc) is 2.63. The van der Waals surface area contributed by atoms with Crippen LogP contribution in [-0.2, 0) is 4.74 Å². The number of rotatable bonds is 2. The van der Waals surface area contributed by atoms with Crippen molar-refractivity contribution in [3.8, 4) is 0 Å². The molecule has 1 aliphatic heterocycles. The number of hydrogen-bond acceptors (Lipinski definition) is 5.